The van der Waals surface area contributed by atoms with Gasteiger partial charge in [0.15, 0.2) is 0 Å². The molecule has 0 aromatic carbocycles. The summed E-state index contributed by atoms with van der Waals surface area (Å²) in [5, 5.41) is 0. The molecule has 0 aromatic heterocycles. The van der Waals surface area contributed by atoms with E-state index in [0.717, 1.165) is 45.8 Å². The third-order valence-electron chi connectivity index (χ3n) is 4.88. The molecule has 2 aliphatic rings. The third-order valence-corrected chi connectivity index (χ3v) is 4.88. The quantitative estimate of drug-likeness (QED) is 0.783. The summed E-state index contributed by atoms with van der Waals surface area (Å²) in [7, 11) is 0. The molecule has 2 rings (SSSR count). The molecule has 0 radical (unpaired) electrons. The van der Waals surface area contributed by atoms with Gasteiger partial charge >= 0.3 is 0 Å². The second kappa shape index (κ2) is 6.41. The minimum Gasteiger partial charge on any atom is -0.341 e. The molecule has 0 aliphatic carbocycles. The Balaban J connectivity index is 1.89. The molecular formula is C15H30N4O. The van der Waals surface area contributed by atoms with E-state index >= 15 is 0 Å². The predicted molar refractivity (Wildman–Crippen MR) is 81.5 cm³/mol. The van der Waals surface area contributed by atoms with E-state index in [1.807, 2.05) is 4.90 Å². The van der Waals surface area contributed by atoms with Gasteiger partial charge in [-0.1, -0.05) is 6.92 Å². The van der Waals surface area contributed by atoms with Crippen molar-refractivity contribution in [2.75, 3.05) is 52.4 Å². The minimum absolute atomic E-state index is 0.0545. The van der Waals surface area contributed by atoms with Gasteiger partial charge in [0.2, 0.25) is 5.91 Å². The molecule has 1 atom stereocenters. The summed E-state index contributed by atoms with van der Waals surface area (Å²) in [5.74, 6) is 0.635. The van der Waals surface area contributed by atoms with Gasteiger partial charge in [0.25, 0.3) is 0 Å². The fourth-order valence-corrected chi connectivity index (χ4v) is 3.40. The highest BCUT2D eigenvalue weighted by Gasteiger charge is 2.36. The minimum atomic E-state index is 0.0545. The summed E-state index contributed by atoms with van der Waals surface area (Å²) >= 11 is 0. The van der Waals surface area contributed by atoms with Crippen LogP contribution >= 0.6 is 0 Å². The van der Waals surface area contributed by atoms with Gasteiger partial charge in [-0.2, -0.15) is 0 Å². The van der Waals surface area contributed by atoms with Gasteiger partial charge < -0.3 is 15.5 Å². The Morgan fingerprint density at radius 1 is 1.25 bits per heavy atom. The standard InChI is InChI=1S/C15H30N4O/c1-4-17-5-7-19(8-6-17)15(2,3)12-18-11-13(10-16)9-14(18)20/h13H,4-12,16H2,1-3H3. The normalized spacial score (nSPS) is 26.5. The first-order valence-corrected chi connectivity index (χ1v) is 7.91. The van der Waals surface area contributed by atoms with E-state index in [1.54, 1.807) is 0 Å². The average molecular weight is 282 g/mol. The fourth-order valence-electron chi connectivity index (χ4n) is 3.40. The van der Waals surface area contributed by atoms with Crippen molar-refractivity contribution in [1.82, 2.24) is 14.7 Å². The number of carbonyl (C=O) groups is 1. The predicted octanol–water partition coefficient (Wildman–Crippen LogP) is 0.210. The zero-order valence-corrected chi connectivity index (χ0v) is 13.3. The first-order chi connectivity index (χ1) is 9.46. The Bertz CT molecular complexity index is 337. The summed E-state index contributed by atoms with van der Waals surface area (Å²) in [4.78, 5) is 19.1. The molecule has 5 heteroatoms. The fraction of sp³-hybridized carbons (Fsp3) is 0.933. The number of likely N-dealkylation sites (N-methyl/N-ethyl adjacent to an activating group) is 1. The number of carbonyl (C=O) groups excluding carboxylic acids is 1. The van der Waals surface area contributed by atoms with Crippen molar-refractivity contribution in [3.63, 3.8) is 0 Å². The average Bonchev–Trinajstić information content (AvgIpc) is 2.79. The molecule has 0 spiro atoms. The first-order valence-electron chi connectivity index (χ1n) is 7.91. The Hall–Kier alpha value is -0.650. The summed E-state index contributed by atoms with van der Waals surface area (Å²) in [6, 6.07) is 0. The molecule has 0 saturated carbocycles. The van der Waals surface area contributed by atoms with Crippen LogP contribution in [0.5, 0.6) is 0 Å². The van der Waals surface area contributed by atoms with E-state index in [-0.39, 0.29) is 11.4 Å². The number of amides is 1. The van der Waals surface area contributed by atoms with Gasteiger partial charge in [-0.3, -0.25) is 9.69 Å². The Morgan fingerprint density at radius 2 is 1.90 bits per heavy atom. The molecule has 2 aliphatic heterocycles. The van der Waals surface area contributed by atoms with Crippen molar-refractivity contribution < 1.29 is 4.79 Å². The molecule has 0 aromatic rings. The number of hydrogen-bond donors (Lipinski definition) is 1. The zero-order valence-electron chi connectivity index (χ0n) is 13.3. The van der Waals surface area contributed by atoms with Crippen LogP contribution in [0.4, 0.5) is 0 Å². The van der Waals surface area contributed by atoms with Gasteiger partial charge in [-0.05, 0) is 32.9 Å². The van der Waals surface area contributed by atoms with Crippen molar-refractivity contribution in [3.8, 4) is 0 Å². The van der Waals surface area contributed by atoms with Gasteiger partial charge in [0.1, 0.15) is 0 Å². The van der Waals surface area contributed by atoms with Crippen molar-refractivity contribution in [2.45, 2.75) is 32.7 Å². The lowest BCUT2D eigenvalue weighted by Crippen LogP contribution is -2.58. The number of nitrogens with two attached hydrogens (primary N) is 1. The number of rotatable bonds is 5. The first kappa shape index (κ1) is 15.7. The molecule has 0 bridgehead atoms. The molecule has 20 heavy (non-hydrogen) atoms. The molecular weight excluding hydrogens is 252 g/mol. The zero-order chi connectivity index (χ0) is 14.8. The highest BCUT2D eigenvalue weighted by molar-refractivity contribution is 5.78. The maximum atomic E-state index is 12.0. The van der Waals surface area contributed by atoms with Gasteiger partial charge in [-0.25, -0.2) is 0 Å². The van der Waals surface area contributed by atoms with Gasteiger partial charge in [-0.15, -0.1) is 0 Å². The van der Waals surface area contributed by atoms with Crippen LogP contribution in [0, 0.1) is 5.92 Å². The smallest absolute Gasteiger partial charge is 0.223 e. The molecule has 5 nitrogen and oxygen atoms in total. The van der Waals surface area contributed by atoms with Crippen LogP contribution in [0.3, 0.4) is 0 Å². The van der Waals surface area contributed by atoms with Gasteiger partial charge in [0, 0.05) is 51.2 Å². The molecule has 2 N–H and O–H groups in total. The molecule has 2 heterocycles. The van der Waals surface area contributed by atoms with E-state index in [9.17, 15) is 4.79 Å². The number of nitrogens with zero attached hydrogens (tertiary/aromatic N) is 3. The molecule has 116 valence electrons. The lowest BCUT2D eigenvalue weighted by atomic mass is 10.0. The Morgan fingerprint density at radius 3 is 2.40 bits per heavy atom. The SMILES string of the molecule is CCN1CCN(C(C)(C)CN2CC(CN)CC2=O)CC1. The molecule has 2 fully saturated rings. The second-order valence-corrected chi connectivity index (χ2v) is 6.81. The van der Waals surface area contributed by atoms with E-state index in [2.05, 4.69) is 30.6 Å². The van der Waals surface area contributed by atoms with E-state index in [0.29, 0.717) is 18.9 Å². The summed E-state index contributed by atoms with van der Waals surface area (Å²) in [6.07, 6.45) is 0.635. The monoisotopic (exact) mass is 282 g/mol. The van der Waals surface area contributed by atoms with Crippen LogP contribution in [0.1, 0.15) is 27.2 Å². The third kappa shape index (κ3) is 3.51. The van der Waals surface area contributed by atoms with Crippen LogP contribution in [0.2, 0.25) is 0 Å². The van der Waals surface area contributed by atoms with Crippen molar-refractivity contribution >= 4 is 5.91 Å². The van der Waals surface area contributed by atoms with Crippen molar-refractivity contribution in [3.05, 3.63) is 0 Å². The van der Waals surface area contributed by atoms with Crippen LogP contribution in [0.25, 0.3) is 0 Å². The van der Waals surface area contributed by atoms with Crippen molar-refractivity contribution in [2.24, 2.45) is 11.7 Å². The maximum absolute atomic E-state index is 12.0. The van der Waals surface area contributed by atoms with E-state index in [4.69, 9.17) is 5.73 Å². The number of likely N-dealkylation sites (tertiary alicyclic amines) is 1. The van der Waals surface area contributed by atoms with Crippen LogP contribution in [0.15, 0.2) is 0 Å². The number of hydrogen-bond acceptors (Lipinski definition) is 4. The summed E-state index contributed by atoms with van der Waals surface area (Å²) in [5.41, 5.74) is 5.76. The molecule has 1 amide bonds. The van der Waals surface area contributed by atoms with Crippen LogP contribution in [-0.4, -0.2) is 78.5 Å². The van der Waals surface area contributed by atoms with Crippen molar-refractivity contribution in [1.29, 1.82) is 0 Å². The van der Waals surface area contributed by atoms with E-state index < -0.39 is 0 Å². The topological polar surface area (TPSA) is 52.8 Å². The maximum Gasteiger partial charge on any atom is 0.223 e. The van der Waals surface area contributed by atoms with E-state index in [1.165, 1.54) is 0 Å². The van der Waals surface area contributed by atoms with Crippen LogP contribution < -0.4 is 5.73 Å². The van der Waals surface area contributed by atoms with Gasteiger partial charge in [0.05, 0.1) is 0 Å². The van der Waals surface area contributed by atoms with Crippen LogP contribution in [-0.2, 0) is 4.79 Å². The largest absolute Gasteiger partial charge is 0.341 e. The number of piperazine rings is 1. The lowest BCUT2D eigenvalue weighted by Gasteiger charge is -2.45. The highest BCUT2D eigenvalue weighted by atomic mass is 16.2. The second-order valence-electron chi connectivity index (χ2n) is 6.81. The summed E-state index contributed by atoms with van der Waals surface area (Å²) in [6.45, 7) is 14.6. The molecule has 1 unspecified atom stereocenters. The highest BCUT2D eigenvalue weighted by Crippen LogP contribution is 2.23. The Kier molecular flexibility index (Phi) is 5.04. The summed E-state index contributed by atoms with van der Waals surface area (Å²) < 4.78 is 0. The molecule has 2 saturated heterocycles. The Labute approximate surface area is 123 Å². The lowest BCUT2D eigenvalue weighted by molar-refractivity contribution is -0.129.